The van der Waals surface area contributed by atoms with Crippen molar-refractivity contribution in [2.45, 2.75) is 56.7 Å². The first kappa shape index (κ1) is 17.2. The molecule has 0 spiro atoms. The van der Waals surface area contributed by atoms with E-state index in [1.165, 1.54) is 6.07 Å². The molecule has 2 N–H and O–H groups in total. The van der Waals surface area contributed by atoms with Crippen LogP contribution in [0, 0.1) is 5.82 Å². The number of hydrogen-bond donors (Lipinski definition) is 2. The van der Waals surface area contributed by atoms with Crippen LogP contribution < -0.4 is 5.32 Å². The Labute approximate surface area is 142 Å². The second-order valence-electron chi connectivity index (χ2n) is 7.06. The zero-order valence-corrected chi connectivity index (χ0v) is 14.3. The predicted molar refractivity (Wildman–Crippen MR) is 91.1 cm³/mol. The quantitative estimate of drug-likeness (QED) is 0.863. The standard InChI is InChI=1S/C18H26ClFN2O/c19-16-4-3-5-17(20)15(16)12-22-10-6-14(7-11-22)21-13-18(23)8-1-2-9-18/h3-5,14,21,23H,1-2,6-13H2. The van der Waals surface area contributed by atoms with Crippen molar-refractivity contribution in [3.8, 4) is 0 Å². The van der Waals surface area contributed by atoms with Crippen molar-refractivity contribution in [2.75, 3.05) is 19.6 Å². The lowest BCUT2D eigenvalue weighted by molar-refractivity contribution is 0.0414. The van der Waals surface area contributed by atoms with Crippen LogP contribution in [0.1, 0.15) is 44.1 Å². The smallest absolute Gasteiger partial charge is 0.129 e. The van der Waals surface area contributed by atoms with Crippen molar-refractivity contribution in [1.82, 2.24) is 10.2 Å². The summed E-state index contributed by atoms with van der Waals surface area (Å²) in [6.45, 7) is 3.14. The Bertz CT molecular complexity index is 506. The SMILES string of the molecule is OC1(CNC2CCN(Cc3c(F)cccc3Cl)CC2)CCCC1. The molecule has 2 aliphatic rings. The molecule has 128 valence electrons. The summed E-state index contributed by atoms with van der Waals surface area (Å²) in [5, 5.41) is 14.4. The Morgan fingerprint density at radius 3 is 2.61 bits per heavy atom. The van der Waals surface area contributed by atoms with Crippen LogP contribution in [0.5, 0.6) is 0 Å². The number of nitrogens with zero attached hydrogens (tertiary/aromatic N) is 1. The fourth-order valence-corrected chi connectivity index (χ4v) is 3.97. The van der Waals surface area contributed by atoms with Crippen molar-refractivity contribution < 1.29 is 9.50 Å². The molecule has 1 saturated heterocycles. The third kappa shape index (κ3) is 4.44. The molecular formula is C18H26ClFN2O. The highest BCUT2D eigenvalue weighted by Crippen LogP contribution is 2.29. The molecule has 3 rings (SSSR count). The van der Waals surface area contributed by atoms with Gasteiger partial charge in [0.1, 0.15) is 5.82 Å². The van der Waals surface area contributed by atoms with Crippen molar-refractivity contribution in [3.05, 3.63) is 34.6 Å². The largest absolute Gasteiger partial charge is 0.389 e. The highest BCUT2D eigenvalue weighted by molar-refractivity contribution is 6.31. The average Bonchev–Trinajstić information content (AvgIpc) is 2.97. The van der Waals surface area contributed by atoms with Crippen LogP contribution in [-0.4, -0.2) is 41.3 Å². The molecule has 0 aromatic heterocycles. The fraction of sp³-hybridized carbons (Fsp3) is 0.667. The molecule has 0 radical (unpaired) electrons. The second kappa shape index (κ2) is 7.47. The molecule has 2 fully saturated rings. The minimum atomic E-state index is -0.488. The fourth-order valence-electron chi connectivity index (χ4n) is 3.75. The number of hydrogen-bond acceptors (Lipinski definition) is 3. The third-order valence-corrected chi connectivity index (χ3v) is 5.64. The first-order valence-corrected chi connectivity index (χ1v) is 9.05. The number of halogens is 2. The minimum absolute atomic E-state index is 0.221. The van der Waals surface area contributed by atoms with E-state index in [4.69, 9.17) is 11.6 Å². The maximum atomic E-state index is 13.9. The summed E-state index contributed by atoms with van der Waals surface area (Å²) in [6, 6.07) is 5.31. The van der Waals surface area contributed by atoms with Gasteiger partial charge >= 0.3 is 0 Å². The molecule has 1 saturated carbocycles. The number of likely N-dealkylation sites (tertiary alicyclic amines) is 1. The van der Waals surface area contributed by atoms with Crippen molar-refractivity contribution in [2.24, 2.45) is 0 Å². The van der Waals surface area contributed by atoms with E-state index in [9.17, 15) is 9.50 Å². The molecule has 1 heterocycles. The predicted octanol–water partition coefficient (Wildman–Crippen LogP) is 3.34. The van der Waals surface area contributed by atoms with Gasteiger partial charge < -0.3 is 10.4 Å². The van der Waals surface area contributed by atoms with Crippen molar-refractivity contribution in [1.29, 1.82) is 0 Å². The monoisotopic (exact) mass is 340 g/mol. The van der Waals surface area contributed by atoms with E-state index >= 15 is 0 Å². The minimum Gasteiger partial charge on any atom is -0.389 e. The van der Waals surface area contributed by atoms with Crippen molar-refractivity contribution in [3.63, 3.8) is 0 Å². The topological polar surface area (TPSA) is 35.5 Å². The summed E-state index contributed by atoms with van der Waals surface area (Å²) >= 11 is 6.11. The lowest BCUT2D eigenvalue weighted by atomic mass is 9.99. The number of aliphatic hydroxyl groups is 1. The van der Waals surface area contributed by atoms with Gasteiger partial charge in [-0.15, -0.1) is 0 Å². The van der Waals surface area contributed by atoms with E-state index in [2.05, 4.69) is 10.2 Å². The molecule has 1 aromatic rings. The second-order valence-corrected chi connectivity index (χ2v) is 7.47. The molecule has 1 aliphatic heterocycles. The summed E-state index contributed by atoms with van der Waals surface area (Å²) in [6.07, 6.45) is 6.18. The molecule has 1 aliphatic carbocycles. The zero-order valence-electron chi connectivity index (χ0n) is 13.5. The van der Waals surface area contributed by atoms with Gasteiger partial charge in [0, 0.05) is 29.7 Å². The number of benzene rings is 1. The van der Waals surface area contributed by atoms with Crippen LogP contribution in [-0.2, 0) is 6.54 Å². The Kier molecular flexibility index (Phi) is 5.57. The first-order valence-electron chi connectivity index (χ1n) is 8.67. The van der Waals surface area contributed by atoms with Crippen LogP contribution in [0.4, 0.5) is 4.39 Å². The number of rotatable bonds is 5. The Morgan fingerprint density at radius 2 is 1.96 bits per heavy atom. The van der Waals surface area contributed by atoms with Gasteiger partial charge in [-0.3, -0.25) is 4.90 Å². The van der Waals surface area contributed by atoms with Crippen molar-refractivity contribution >= 4 is 11.6 Å². The van der Waals surface area contributed by atoms with E-state index in [1.54, 1.807) is 12.1 Å². The Balaban J connectivity index is 1.45. The average molecular weight is 341 g/mol. The van der Waals surface area contributed by atoms with Gasteiger partial charge in [0.15, 0.2) is 0 Å². The van der Waals surface area contributed by atoms with E-state index in [-0.39, 0.29) is 5.82 Å². The summed E-state index contributed by atoms with van der Waals surface area (Å²) in [7, 11) is 0. The summed E-state index contributed by atoms with van der Waals surface area (Å²) in [4.78, 5) is 2.26. The van der Waals surface area contributed by atoms with Gasteiger partial charge in [-0.05, 0) is 50.9 Å². The Morgan fingerprint density at radius 1 is 1.26 bits per heavy atom. The van der Waals surface area contributed by atoms with Gasteiger partial charge in [-0.1, -0.05) is 30.5 Å². The molecule has 23 heavy (non-hydrogen) atoms. The van der Waals surface area contributed by atoms with Gasteiger partial charge in [0.2, 0.25) is 0 Å². The van der Waals surface area contributed by atoms with Crippen LogP contribution >= 0.6 is 11.6 Å². The van der Waals surface area contributed by atoms with E-state index < -0.39 is 5.60 Å². The zero-order chi connectivity index (χ0) is 16.3. The van der Waals surface area contributed by atoms with Gasteiger partial charge in [-0.2, -0.15) is 0 Å². The van der Waals surface area contributed by atoms with Gasteiger partial charge in [0.25, 0.3) is 0 Å². The third-order valence-electron chi connectivity index (χ3n) is 5.29. The molecule has 3 nitrogen and oxygen atoms in total. The highest BCUT2D eigenvalue weighted by Gasteiger charge is 2.32. The van der Waals surface area contributed by atoms with Crippen LogP contribution in [0.25, 0.3) is 0 Å². The lowest BCUT2D eigenvalue weighted by Crippen LogP contribution is -2.47. The molecule has 0 bridgehead atoms. The lowest BCUT2D eigenvalue weighted by Gasteiger charge is -2.34. The maximum absolute atomic E-state index is 13.9. The van der Waals surface area contributed by atoms with E-state index in [1.807, 2.05) is 0 Å². The van der Waals surface area contributed by atoms with Gasteiger partial charge in [0.05, 0.1) is 5.60 Å². The molecule has 1 aromatic carbocycles. The molecule has 0 unspecified atom stereocenters. The summed E-state index contributed by atoms with van der Waals surface area (Å²) in [5.74, 6) is -0.221. The van der Waals surface area contributed by atoms with E-state index in [0.717, 1.165) is 51.6 Å². The number of nitrogens with one attached hydrogen (secondary N) is 1. The molecule has 0 amide bonds. The number of piperidine rings is 1. The molecular weight excluding hydrogens is 315 g/mol. The summed E-state index contributed by atoms with van der Waals surface area (Å²) in [5.41, 5.74) is 0.110. The highest BCUT2D eigenvalue weighted by atomic mass is 35.5. The Hall–Kier alpha value is -0.680. The molecule has 5 heteroatoms. The first-order chi connectivity index (χ1) is 11.1. The van der Waals surface area contributed by atoms with Gasteiger partial charge in [-0.25, -0.2) is 4.39 Å². The normalized spacial score (nSPS) is 22.6. The summed E-state index contributed by atoms with van der Waals surface area (Å²) < 4.78 is 13.9. The van der Waals surface area contributed by atoms with Crippen LogP contribution in [0.3, 0.4) is 0 Å². The van der Waals surface area contributed by atoms with Crippen LogP contribution in [0.2, 0.25) is 5.02 Å². The molecule has 0 atom stereocenters. The van der Waals surface area contributed by atoms with E-state index in [0.29, 0.717) is 29.7 Å². The maximum Gasteiger partial charge on any atom is 0.129 e. The van der Waals surface area contributed by atoms with Crippen LogP contribution in [0.15, 0.2) is 18.2 Å².